The van der Waals surface area contributed by atoms with Gasteiger partial charge in [0, 0.05) is 11.3 Å². The van der Waals surface area contributed by atoms with E-state index in [0.29, 0.717) is 23.8 Å². The number of nitrogens with two attached hydrogens (primary N) is 1. The third kappa shape index (κ3) is 3.50. The Labute approximate surface area is 180 Å². The minimum atomic E-state index is -0.391. The van der Waals surface area contributed by atoms with Gasteiger partial charge < -0.3 is 15.2 Å². The molecule has 2 aromatic carbocycles. The molecular formula is C24H23FN4O2. The van der Waals surface area contributed by atoms with E-state index in [9.17, 15) is 9.65 Å². The summed E-state index contributed by atoms with van der Waals surface area (Å²) >= 11 is 0. The van der Waals surface area contributed by atoms with Crippen LogP contribution in [-0.4, -0.2) is 10.2 Å². The zero-order chi connectivity index (χ0) is 22.3. The van der Waals surface area contributed by atoms with Gasteiger partial charge in [-0.15, -0.1) is 5.10 Å². The maximum absolute atomic E-state index is 13.2. The number of H-pyrrole nitrogens is 1. The highest BCUT2D eigenvalue weighted by Gasteiger charge is 2.36. The number of aromatic nitrogens is 2. The lowest BCUT2D eigenvalue weighted by atomic mass is 9.78. The molecule has 0 fully saturated rings. The van der Waals surface area contributed by atoms with Crippen LogP contribution in [0.2, 0.25) is 0 Å². The molecule has 31 heavy (non-hydrogen) atoms. The van der Waals surface area contributed by atoms with E-state index in [4.69, 9.17) is 15.2 Å². The minimum absolute atomic E-state index is 0.0648. The van der Waals surface area contributed by atoms with E-state index in [1.165, 1.54) is 12.1 Å². The van der Waals surface area contributed by atoms with Crippen LogP contribution >= 0.6 is 0 Å². The number of hydrogen-bond acceptors (Lipinski definition) is 5. The number of aromatic amines is 1. The van der Waals surface area contributed by atoms with Crippen LogP contribution in [-0.2, 0) is 6.61 Å². The molecule has 3 N–H and O–H groups in total. The maximum atomic E-state index is 13.2. The second-order valence-electron chi connectivity index (χ2n) is 7.76. The summed E-state index contributed by atoms with van der Waals surface area (Å²) in [6, 6.07) is 10.3. The van der Waals surface area contributed by atoms with Crippen molar-refractivity contribution in [3.63, 3.8) is 0 Å². The van der Waals surface area contributed by atoms with Crippen molar-refractivity contribution in [1.82, 2.24) is 10.2 Å². The van der Waals surface area contributed by atoms with E-state index < -0.39 is 5.92 Å². The van der Waals surface area contributed by atoms with Crippen LogP contribution in [0.1, 0.15) is 45.0 Å². The van der Waals surface area contributed by atoms with Crippen LogP contribution in [0.4, 0.5) is 4.39 Å². The van der Waals surface area contributed by atoms with Gasteiger partial charge in [0.2, 0.25) is 11.8 Å². The van der Waals surface area contributed by atoms with Crippen LogP contribution < -0.4 is 15.2 Å². The monoisotopic (exact) mass is 418 g/mol. The quantitative estimate of drug-likeness (QED) is 0.646. The molecule has 1 aliphatic rings. The Morgan fingerprint density at radius 1 is 1.16 bits per heavy atom. The Morgan fingerprint density at radius 2 is 1.87 bits per heavy atom. The van der Waals surface area contributed by atoms with E-state index >= 15 is 0 Å². The third-order valence-corrected chi connectivity index (χ3v) is 5.81. The molecule has 0 saturated carbocycles. The summed E-state index contributed by atoms with van der Waals surface area (Å²) in [6.45, 7) is 8.29. The second-order valence-corrected chi connectivity index (χ2v) is 7.76. The zero-order valence-electron chi connectivity index (χ0n) is 17.8. The number of fused-ring (bicyclic) bond motifs is 1. The van der Waals surface area contributed by atoms with Gasteiger partial charge in [-0.1, -0.05) is 6.07 Å². The lowest BCUT2D eigenvalue weighted by Crippen LogP contribution is -2.22. The first-order chi connectivity index (χ1) is 14.8. The van der Waals surface area contributed by atoms with Crippen molar-refractivity contribution in [2.45, 2.75) is 40.2 Å². The summed E-state index contributed by atoms with van der Waals surface area (Å²) in [5, 5.41) is 17.0. The first-order valence-electron chi connectivity index (χ1n) is 9.92. The molecular weight excluding hydrogens is 395 g/mol. The third-order valence-electron chi connectivity index (χ3n) is 5.81. The molecule has 0 unspecified atom stereocenters. The Morgan fingerprint density at radius 3 is 2.55 bits per heavy atom. The molecule has 0 amide bonds. The Kier molecular flexibility index (Phi) is 5.15. The van der Waals surface area contributed by atoms with Gasteiger partial charge in [0.25, 0.3) is 0 Å². The van der Waals surface area contributed by atoms with Crippen LogP contribution in [0.25, 0.3) is 0 Å². The number of rotatable bonds is 4. The molecule has 4 rings (SSSR count). The van der Waals surface area contributed by atoms with Crippen molar-refractivity contribution < 1.29 is 13.9 Å². The summed E-state index contributed by atoms with van der Waals surface area (Å²) in [5.74, 6) is 0.343. The number of nitrogens with zero attached hydrogens (tertiary/aromatic N) is 2. The van der Waals surface area contributed by atoms with Crippen molar-refractivity contribution in [2.24, 2.45) is 5.73 Å². The molecule has 1 aliphatic heterocycles. The van der Waals surface area contributed by atoms with Crippen LogP contribution in [0.5, 0.6) is 11.6 Å². The number of ether oxygens (including phenoxy) is 2. The highest BCUT2D eigenvalue weighted by Crippen LogP contribution is 2.45. The number of hydrogen-bond donors (Lipinski definition) is 2. The Bertz CT molecular complexity index is 1240. The number of aryl methyl sites for hydroxylation is 3. The molecule has 0 spiro atoms. The topological polar surface area (TPSA) is 97.0 Å². The fraction of sp³-hybridized carbons (Fsp3) is 0.250. The van der Waals surface area contributed by atoms with E-state index in [-0.39, 0.29) is 11.7 Å². The normalized spacial score (nSPS) is 15.3. The van der Waals surface area contributed by atoms with E-state index in [1.807, 2.05) is 27.7 Å². The largest absolute Gasteiger partial charge is 0.489 e. The smallest absolute Gasteiger partial charge is 0.244 e. The van der Waals surface area contributed by atoms with Crippen molar-refractivity contribution in [3.8, 4) is 17.7 Å². The molecule has 0 saturated heterocycles. The Hall–Kier alpha value is -3.79. The van der Waals surface area contributed by atoms with Gasteiger partial charge in [-0.2, -0.15) is 5.26 Å². The molecule has 0 bridgehead atoms. The second kappa shape index (κ2) is 7.80. The van der Waals surface area contributed by atoms with Gasteiger partial charge in [0.15, 0.2) is 0 Å². The van der Waals surface area contributed by atoms with E-state index in [0.717, 1.165) is 39.1 Å². The lowest BCUT2D eigenvalue weighted by molar-refractivity contribution is 0.304. The van der Waals surface area contributed by atoms with Crippen LogP contribution in [0, 0.1) is 44.8 Å². The first-order valence-corrected chi connectivity index (χ1v) is 9.92. The molecule has 3 aromatic rings. The number of allylic oxidation sites excluding steroid dienone is 1. The average molecular weight is 418 g/mol. The number of halogens is 1. The summed E-state index contributed by atoms with van der Waals surface area (Å²) < 4.78 is 24.7. The van der Waals surface area contributed by atoms with Gasteiger partial charge in [-0.25, -0.2) is 4.39 Å². The minimum Gasteiger partial charge on any atom is -0.489 e. The molecule has 1 atom stereocenters. The number of nitriles is 1. The maximum Gasteiger partial charge on any atom is 0.244 e. The fourth-order valence-corrected chi connectivity index (χ4v) is 4.28. The van der Waals surface area contributed by atoms with E-state index in [2.05, 4.69) is 22.3 Å². The molecule has 6 nitrogen and oxygen atoms in total. The number of nitrogens with one attached hydrogen (secondary N) is 1. The van der Waals surface area contributed by atoms with Crippen molar-refractivity contribution >= 4 is 0 Å². The molecule has 0 radical (unpaired) electrons. The van der Waals surface area contributed by atoms with Crippen LogP contribution in [0.3, 0.4) is 0 Å². The standard InChI is InChI=1S/C24H23FN4O2/c1-12-9-13(2)20(14(3)19(12)11-30-17-7-5-16(25)6-8-17)22-18(10-26)23(27)31-24-21(22)15(4)28-29-24/h5-9,22H,11,27H2,1-4H3,(H,28,29)/t22-/m1/s1. The summed E-state index contributed by atoms with van der Waals surface area (Å²) in [7, 11) is 0. The van der Waals surface area contributed by atoms with Crippen molar-refractivity contribution in [3.05, 3.63) is 86.7 Å². The Balaban J connectivity index is 1.82. The van der Waals surface area contributed by atoms with E-state index in [1.54, 1.807) is 12.1 Å². The van der Waals surface area contributed by atoms with Gasteiger partial charge in [-0.05, 0) is 79.8 Å². The molecule has 2 heterocycles. The summed E-state index contributed by atoms with van der Waals surface area (Å²) in [5.41, 5.74) is 13.2. The fourth-order valence-electron chi connectivity index (χ4n) is 4.28. The highest BCUT2D eigenvalue weighted by atomic mass is 19.1. The van der Waals surface area contributed by atoms with Gasteiger partial charge in [0.05, 0.1) is 5.92 Å². The predicted molar refractivity (Wildman–Crippen MR) is 114 cm³/mol. The summed E-state index contributed by atoms with van der Waals surface area (Å²) in [4.78, 5) is 0. The average Bonchev–Trinajstić information content (AvgIpc) is 3.09. The van der Waals surface area contributed by atoms with Crippen LogP contribution in [0.15, 0.2) is 41.8 Å². The first kappa shape index (κ1) is 20.5. The van der Waals surface area contributed by atoms with Gasteiger partial charge in [-0.3, -0.25) is 5.10 Å². The zero-order valence-corrected chi connectivity index (χ0v) is 17.8. The van der Waals surface area contributed by atoms with Crippen molar-refractivity contribution in [1.29, 1.82) is 5.26 Å². The van der Waals surface area contributed by atoms with Crippen molar-refractivity contribution in [2.75, 3.05) is 0 Å². The summed E-state index contributed by atoms with van der Waals surface area (Å²) in [6.07, 6.45) is 0. The molecule has 0 aliphatic carbocycles. The SMILES string of the molecule is Cc1cc(C)c([C@H]2C(C#N)=C(N)Oc3n[nH]c(C)c32)c(C)c1COc1ccc(F)cc1. The molecule has 7 heteroatoms. The molecule has 1 aromatic heterocycles. The lowest BCUT2D eigenvalue weighted by Gasteiger charge is -2.28. The predicted octanol–water partition coefficient (Wildman–Crippen LogP) is 4.58. The van der Waals surface area contributed by atoms with Gasteiger partial charge in [0.1, 0.15) is 29.8 Å². The number of benzene rings is 2. The van der Waals surface area contributed by atoms with Gasteiger partial charge >= 0.3 is 0 Å². The highest BCUT2D eigenvalue weighted by molar-refractivity contribution is 5.60. The molecule has 158 valence electrons.